The number of phenolic OH excluding ortho intramolecular Hbond substituents is 1. The van der Waals surface area contributed by atoms with Gasteiger partial charge < -0.3 is 9.84 Å². The van der Waals surface area contributed by atoms with Crippen LogP contribution >= 0.6 is 22.6 Å². The van der Waals surface area contributed by atoms with Gasteiger partial charge in [0.2, 0.25) is 0 Å². The molecule has 0 fully saturated rings. The van der Waals surface area contributed by atoms with Crippen LogP contribution in [0.2, 0.25) is 0 Å². The Morgan fingerprint density at radius 1 is 1.00 bits per heavy atom. The van der Waals surface area contributed by atoms with Crippen molar-refractivity contribution in [2.75, 3.05) is 7.11 Å². The average molecular weight is 494 g/mol. The van der Waals surface area contributed by atoms with Gasteiger partial charge >= 0.3 is 0 Å². The highest BCUT2D eigenvalue weighted by molar-refractivity contribution is 14.1. The molecule has 3 aromatic rings. The van der Waals surface area contributed by atoms with Crippen LogP contribution in [0.3, 0.4) is 0 Å². The number of ether oxygens (including phenoxy) is 1. The van der Waals surface area contributed by atoms with Crippen molar-refractivity contribution < 1.29 is 18.3 Å². The molecule has 3 rings (SSSR count). The second-order valence-corrected chi connectivity index (χ2v) is 9.47. The molecular formula is C21H19IO4S. The Morgan fingerprint density at radius 2 is 1.63 bits per heavy atom. The Hall–Kier alpha value is -2.06. The van der Waals surface area contributed by atoms with Crippen LogP contribution in [0.1, 0.15) is 21.9 Å². The average Bonchev–Trinajstić information content (AvgIpc) is 2.65. The highest BCUT2D eigenvalue weighted by Gasteiger charge is 2.34. The Kier molecular flexibility index (Phi) is 5.76. The Balaban J connectivity index is 2.29. The molecule has 0 aliphatic heterocycles. The summed E-state index contributed by atoms with van der Waals surface area (Å²) < 4.78 is 33.1. The van der Waals surface area contributed by atoms with Crippen LogP contribution in [-0.2, 0) is 9.84 Å². The van der Waals surface area contributed by atoms with Crippen molar-refractivity contribution in [3.8, 4) is 11.5 Å². The molecule has 0 aromatic heterocycles. The normalized spacial score (nSPS) is 12.6. The molecule has 140 valence electrons. The largest absolute Gasteiger partial charge is 0.504 e. The number of aromatic hydroxyl groups is 1. The van der Waals surface area contributed by atoms with Gasteiger partial charge in [-0.2, -0.15) is 0 Å². The maximum atomic E-state index is 13.6. The van der Waals surface area contributed by atoms with Gasteiger partial charge in [0.05, 0.1) is 12.0 Å². The summed E-state index contributed by atoms with van der Waals surface area (Å²) in [5.74, 6) is 0.0828. The molecule has 0 amide bonds. The van der Waals surface area contributed by atoms with Crippen molar-refractivity contribution in [1.82, 2.24) is 0 Å². The molecule has 0 spiro atoms. The zero-order chi connectivity index (χ0) is 19.6. The van der Waals surface area contributed by atoms with Crippen molar-refractivity contribution in [2.24, 2.45) is 0 Å². The lowest BCUT2D eigenvalue weighted by molar-refractivity contribution is 0.370. The van der Waals surface area contributed by atoms with Gasteiger partial charge in [0, 0.05) is 9.13 Å². The SMILES string of the molecule is COc1cc(I)cc(C(c2ccccc2)S(=O)(=O)c2ccc(C)cc2)c1O. The third kappa shape index (κ3) is 3.96. The monoisotopic (exact) mass is 494 g/mol. The molecule has 6 heteroatoms. The van der Waals surface area contributed by atoms with Crippen LogP contribution in [-0.4, -0.2) is 20.6 Å². The zero-order valence-corrected chi connectivity index (χ0v) is 17.9. The van der Waals surface area contributed by atoms with Gasteiger partial charge in [-0.25, -0.2) is 8.42 Å². The van der Waals surface area contributed by atoms with E-state index in [1.165, 1.54) is 7.11 Å². The molecule has 4 nitrogen and oxygen atoms in total. The first-order chi connectivity index (χ1) is 12.8. The van der Waals surface area contributed by atoms with E-state index in [0.717, 1.165) is 9.13 Å². The first kappa shape index (κ1) is 19.7. The molecule has 0 bridgehead atoms. The molecule has 1 unspecified atom stereocenters. The van der Waals surface area contributed by atoms with E-state index in [2.05, 4.69) is 22.6 Å². The van der Waals surface area contributed by atoms with Crippen molar-refractivity contribution in [3.05, 3.63) is 87.0 Å². The minimum Gasteiger partial charge on any atom is -0.504 e. The van der Waals surface area contributed by atoms with E-state index in [1.807, 2.05) is 13.0 Å². The Labute approximate surface area is 172 Å². The molecule has 0 radical (unpaired) electrons. The van der Waals surface area contributed by atoms with E-state index in [9.17, 15) is 13.5 Å². The fourth-order valence-electron chi connectivity index (χ4n) is 2.97. The lowest BCUT2D eigenvalue weighted by atomic mass is 10.0. The molecule has 3 aromatic carbocycles. The molecule has 0 heterocycles. The van der Waals surface area contributed by atoms with Gasteiger partial charge in [-0.15, -0.1) is 0 Å². The van der Waals surface area contributed by atoms with E-state index in [-0.39, 0.29) is 16.4 Å². The summed E-state index contributed by atoms with van der Waals surface area (Å²) in [5.41, 5.74) is 1.85. The summed E-state index contributed by atoms with van der Waals surface area (Å²) in [7, 11) is -2.36. The first-order valence-electron chi connectivity index (χ1n) is 8.26. The number of benzene rings is 3. The number of sulfone groups is 1. The van der Waals surface area contributed by atoms with Gasteiger partial charge in [0.25, 0.3) is 0 Å². The van der Waals surface area contributed by atoms with Crippen molar-refractivity contribution in [2.45, 2.75) is 17.1 Å². The third-order valence-corrected chi connectivity index (χ3v) is 7.03. The van der Waals surface area contributed by atoms with Crippen molar-refractivity contribution >= 4 is 32.4 Å². The van der Waals surface area contributed by atoms with Crippen molar-refractivity contribution in [1.29, 1.82) is 0 Å². The topological polar surface area (TPSA) is 63.6 Å². The Morgan fingerprint density at radius 3 is 2.22 bits per heavy atom. The van der Waals surface area contributed by atoms with Crippen LogP contribution in [0.15, 0.2) is 71.6 Å². The summed E-state index contributed by atoms with van der Waals surface area (Å²) in [4.78, 5) is 0.208. The van der Waals surface area contributed by atoms with Crippen molar-refractivity contribution in [3.63, 3.8) is 0 Å². The maximum Gasteiger partial charge on any atom is 0.189 e. The number of methoxy groups -OCH3 is 1. The van der Waals surface area contributed by atoms with Crippen LogP contribution < -0.4 is 4.74 Å². The van der Waals surface area contributed by atoms with Gasteiger partial charge in [-0.1, -0.05) is 48.0 Å². The second kappa shape index (κ2) is 7.90. The summed E-state index contributed by atoms with van der Waals surface area (Å²) >= 11 is 2.09. The third-order valence-electron chi connectivity index (χ3n) is 4.33. The standard InChI is InChI=1S/C21H19IO4S/c1-14-8-10-17(11-9-14)27(24,25)21(15-6-4-3-5-7-15)18-12-16(22)13-19(26-2)20(18)23/h3-13,21,23H,1-2H3. The number of hydrogen-bond donors (Lipinski definition) is 1. The summed E-state index contributed by atoms with van der Waals surface area (Å²) in [6.45, 7) is 1.90. The van der Waals surface area contributed by atoms with Crippen LogP contribution in [0.5, 0.6) is 11.5 Å². The maximum absolute atomic E-state index is 13.6. The lowest BCUT2D eigenvalue weighted by Crippen LogP contribution is -2.16. The number of phenols is 1. The highest BCUT2D eigenvalue weighted by Crippen LogP contribution is 2.43. The van der Waals surface area contributed by atoms with Crippen LogP contribution in [0.4, 0.5) is 0 Å². The van der Waals surface area contributed by atoms with Crippen LogP contribution in [0, 0.1) is 10.5 Å². The number of aryl methyl sites for hydroxylation is 1. The van der Waals surface area contributed by atoms with E-state index < -0.39 is 15.1 Å². The number of hydrogen-bond acceptors (Lipinski definition) is 4. The highest BCUT2D eigenvalue weighted by atomic mass is 127. The molecule has 0 aliphatic rings. The molecule has 1 N–H and O–H groups in total. The van der Waals surface area contributed by atoms with E-state index in [0.29, 0.717) is 11.1 Å². The second-order valence-electron chi connectivity index (χ2n) is 6.19. The number of halogens is 1. The predicted octanol–water partition coefficient (Wildman–Crippen LogP) is 4.88. The fraction of sp³-hybridized carbons (Fsp3) is 0.143. The molecule has 0 saturated heterocycles. The van der Waals surface area contributed by atoms with Gasteiger partial charge in [-0.05, 0) is 59.3 Å². The Bertz CT molecular complexity index is 1050. The molecule has 0 saturated carbocycles. The van der Waals surface area contributed by atoms with E-state index in [1.54, 1.807) is 60.7 Å². The molecular weight excluding hydrogens is 475 g/mol. The summed E-state index contributed by atoms with van der Waals surface area (Å²) in [6, 6.07) is 19.0. The van der Waals surface area contributed by atoms with Gasteiger partial charge in [0.1, 0.15) is 5.25 Å². The molecule has 0 aliphatic carbocycles. The lowest BCUT2D eigenvalue weighted by Gasteiger charge is -2.21. The first-order valence-corrected chi connectivity index (χ1v) is 10.9. The minimum atomic E-state index is -3.81. The smallest absolute Gasteiger partial charge is 0.189 e. The number of rotatable bonds is 5. The molecule has 27 heavy (non-hydrogen) atoms. The van der Waals surface area contributed by atoms with E-state index in [4.69, 9.17) is 4.74 Å². The molecule has 1 atom stereocenters. The quantitative estimate of drug-likeness (QED) is 0.514. The van der Waals surface area contributed by atoms with Gasteiger partial charge in [-0.3, -0.25) is 0 Å². The van der Waals surface area contributed by atoms with E-state index >= 15 is 0 Å². The van der Waals surface area contributed by atoms with Gasteiger partial charge in [0.15, 0.2) is 21.3 Å². The fourth-order valence-corrected chi connectivity index (χ4v) is 5.40. The van der Waals surface area contributed by atoms with Crippen LogP contribution in [0.25, 0.3) is 0 Å². The minimum absolute atomic E-state index is 0.164. The zero-order valence-electron chi connectivity index (χ0n) is 14.9. The predicted molar refractivity (Wildman–Crippen MR) is 114 cm³/mol. The summed E-state index contributed by atoms with van der Waals surface area (Å²) in [6.07, 6.45) is 0. The summed E-state index contributed by atoms with van der Waals surface area (Å²) in [5, 5.41) is 9.66.